The molecule has 3 aliphatic rings. The lowest BCUT2D eigenvalue weighted by Gasteiger charge is -2.21. The highest BCUT2D eigenvalue weighted by Crippen LogP contribution is 2.52. The number of ether oxygens (including phenoxy) is 1. The SMILES string of the molecule is Cc1ccc(N2C[C@@]34C=C[C@@H](O3)[C@H](C(=O)O)[C@H]4C2=O)cc1. The molecule has 4 rings (SSSR count). The molecule has 3 aliphatic heterocycles. The van der Waals surface area contributed by atoms with Crippen molar-refractivity contribution in [3.05, 3.63) is 42.0 Å². The van der Waals surface area contributed by atoms with E-state index in [9.17, 15) is 14.7 Å². The van der Waals surface area contributed by atoms with Gasteiger partial charge < -0.3 is 14.7 Å². The second-order valence-corrected chi connectivity index (χ2v) is 6.00. The number of aliphatic carboxylic acids is 1. The molecule has 5 heteroatoms. The third-order valence-electron chi connectivity index (χ3n) is 4.73. The summed E-state index contributed by atoms with van der Waals surface area (Å²) in [6, 6.07) is 7.65. The number of carbonyl (C=O) groups is 2. The van der Waals surface area contributed by atoms with Gasteiger partial charge in [0.1, 0.15) is 11.5 Å². The van der Waals surface area contributed by atoms with Crippen LogP contribution in [0.1, 0.15) is 5.56 Å². The van der Waals surface area contributed by atoms with Gasteiger partial charge in [0.05, 0.1) is 18.6 Å². The van der Waals surface area contributed by atoms with E-state index in [0.717, 1.165) is 11.3 Å². The van der Waals surface area contributed by atoms with Crippen LogP contribution >= 0.6 is 0 Å². The van der Waals surface area contributed by atoms with Gasteiger partial charge in [-0.3, -0.25) is 9.59 Å². The lowest BCUT2D eigenvalue weighted by molar-refractivity contribution is -0.146. The minimum absolute atomic E-state index is 0.155. The largest absolute Gasteiger partial charge is 0.481 e. The van der Waals surface area contributed by atoms with Gasteiger partial charge in [-0.05, 0) is 19.1 Å². The lowest BCUT2D eigenvalue weighted by atomic mass is 9.77. The first kappa shape index (κ1) is 12.6. The number of hydrogen-bond acceptors (Lipinski definition) is 3. The second-order valence-electron chi connectivity index (χ2n) is 6.00. The molecular formula is C16H15NO4. The summed E-state index contributed by atoms with van der Waals surface area (Å²) in [5, 5.41) is 9.41. The number of amides is 1. The van der Waals surface area contributed by atoms with Gasteiger partial charge in [0.25, 0.3) is 0 Å². The summed E-state index contributed by atoms with van der Waals surface area (Å²) in [6.07, 6.45) is 3.17. The fraction of sp³-hybridized carbons (Fsp3) is 0.375. The minimum atomic E-state index is -0.963. The van der Waals surface area contributed by atoms with Crippen LogP contribution in [0.5, 0.6) is 0 Å². The van der Waals surface area contributed by atoms with Crippen LogP contribution in [0.3, 0.4) is 0 Å². The van der Waals surface area contributed by atoms with E-state index in [1.54, 1.807) is 11.0 Å². The van der Waals surface area contributed by atoms with Gasteiger partial charge in [-0.15, -0.1) is 0 Å². The molecule has 2 bridgehead atoms. The summed E-state index contributed by atoms with van der Waals surface area (Å²) in [5.41, 5.74) is 1.14. The van der Waals surface area contributed by atoms with E-state index in [4.69, 9.17) is 4.74 Å². The van der Waals surface area contributed by atoms with Gasteiger partial charge in [-0.25, -0.2) is 0 Å². The van der Waals surface area contributed by atoms with Crippen LogP contribution in [-0.4, -0.2) is 35.2 Å². The molecule has 0 saturated carbocycles. The third kappa shape index (κ3) is 1.55. The predicted octanol–water partition coefficient (Wildman–Crippen LogP) is 1.37. The van der Waals surface area contributed by atoms with E-state index < -0.39 is 29.5 Å². The fourth-order valence-corrected chi connectivity index (χ4v) is 3.72. The number of fused-ring (bicyclic) bond motifs is 1. The first-order valence-corrected chi connectivity index (χ1v) is 7.00. The molecule has 108 valence electrons. The van der Waals surface area contributed by atoms with E-state index in [1.807, 2.05) is 37.3 Å². The Bertz CT molecular complexity index is 665. The Hall–Kier alpha value is -2.14. The number of aryl methyl sites for hydroxylation is 1. The molecule has 5 nitrogen and oxygen atoms in total. The van der Waals surface area contributed by atoms with Gasteiger partial charge in [-0.1, -0.05) is 29.8 Å². The molecule has 1 aromatic carbocycles. The fourth-order valence-electron chi connectivity index (χ4n) is 3.72. The van der Waals surface area contributed by atoms with E-state index in [-0.39, 0.29) is 5.91 Å². The topological polar surface area (TPSA) is 66.8 Å². The average molecular weight is 285 g/mol. The Kier molecular flexibility index (Phi) is 2.37. The van der Waals surface area contributed by atoms with Crippen molar-refractivity contribution in [2.45, 2.75) is 18.6 Å². The van der Waals surface area contributed by atoms with Gasteiger partial charge in [0, 0.05) is 5.69 Å². The molecule has 3 heterocycles. The maximum Gasteiger partial charge on any atom is 0.310 e. The Labute approximate surface area is 121 Å². The second kappa shape index (κ2) is 3.95. The van der Waals surface area contributed by atoms with Crippen molar-refractivity contribution in [2.24, 2.45) is 11.8 Å². The molecule has 1 spiro atoms. The molecule has 4 atom stereocenters. The maximum atomic E-state index is 12.7. The van der Waals surface area contributed by atoms with E-state index in [2.05, 4.69) is 0 Å². The Morgan fingerprint density at radius 2 is 2.10 bits per heavy atom. The van der Waals surface area contributed by atoms with Crippen LogP contribution in [0, 0.1) is 18.8 Å². The average Bonchev–Trinajstić information content (AvgIpc) is 3.08. The summed E-state index contributed by atoms with van der Waals surface area (Å²) in [6.45, 7) is 2.37. The van der Waals surface area contributed by atoms with Crippen LogP contribution < -0.4 is 4.90 Å². The summed E-state index contributed by atoms with van der Waals surface area (Å²) < 4.78 is 5.85. The number of benzene rings is 1. The monoisotopic (exact) mass is 285 g/mol. The van der Waals surface area contributed by atoms with Gasteiger partial charge in [-0.2, -0.15) is 0 Å². The molecule has 0 aliphatic carbocycles. The zero-order valence-electron chi connectivity index (χ0n) is 11.5. The van der Waals surface area contributed by atoms with Crippen LogP contribution in [0.4, 0.5) is 5.69 Å². The Balaban J connectivity index is 1.73. The van der Waals surface area contributed by atoms with Gasteiger partial charge in [0.2, 0.25) is 5.91 Å². The van der Waals surface area contributed by atoms with Gasteiger partial charge in [0.15, 0.2) is 0 Å². The number of nitrogens with zero attached hydrogens (tertiary/aromatic N) is 1. The van der Waals surface area contributed by atoms with Crippen molar-refractivity contribution in [1.82, 2.24) is 0 Å². The molecule has 0 radical (unpaired) electrons. The van der Waals surface area contributed by atoms with Crippen molar-refractivity contribution < 1.29 is 19.4 Å². The maximum absolute atomic E-state index is 12.7. The highest BCUT2D eigenvalue weighted by molar-refractivity contribution is 6.02. The normalized spacial score (nSPS) is 36.3. The highest BCUT2D eigenvalue weighted by atomic mass is 16.5. The van der Waals surface area contributed by atoms with Crippen molar-refractivity contribution in [1.29, 1.82) is 0 Å². The molecule has 2 saturated heterocycles. The molecule has 21 heavy (non-hydrogen) atoms. The van der Waals surface area contributed by atoms with Crippen molar-refractivity contribution >= 4 is 17.6 Å². The number of rotatable bonds is 2. The van der Waals surface area contributed by atoms with Crippen molar-refractivity contribution in [2.75, 3.05) is 11.4 Å². The molecule has 2 fully saturated rings. The molecule has 0 aromatic heterocycles. The Morgan fingerprint density at radius 3 is 2.76 bits per heavy atom. The smallest absolute Gasteiger partial charge is 0.310 e. The third-order valence-corrected chi connectivity index (χ3v) is 4.73. The molecule has 1 N–H and O–H groups in total. The van der Waals surface area contributed by atoms with Crippen molar-refractivity contribution in [3.8, 4) is 0 Å². The van der Waals surface area contributed by atoms with Crippen molar-refractivity contribution in [3.63, 3.8) is 0 Å². The van der Waals surface area contributed by atoms with Crippen LogP contribution in [-0.2, 0) is 14.3 Å². The van der Waals surface area contributed by atoms with Crippen LogP contribution in [0.2, 0.25) is 0 Å². The molecule has 1 aromatic rings. The van der Waals surface area contributed by atoms with E-state index >= 15 is 0 Å². The quantitative estimate of drug-likeness (QED) is 0.833. The summed E-state index contributed by atoms with van der Waals surface area (Å²) in [7, 11) is 0. The summed E-state index contributed by atoms with van der Waals surface area (Å²) >= 11 is 0. The summed E-state index contributed by atoms with van der Waals surface area (Å²) in [4.78, 5) is 25.8. The molecule has 1 amide bonds. The highest BCUT2D eigenvalue weighted by Gasteiger charge is 2.67. The molecule has 0 unspecified atom stereocenters. The lowest BCUT2D eigenvalue weighted by Crippen LogP contribution is -2.39. The first-order valence-electron chi connectivity index (χ1n) is 7.00. The minimum Gasteiger partial charge on any atom is -0.481 e. The zero-order valence-corrected chi connectivity index (χ0v) is 11.5. The van der Waals surface area contributed by atoms with E-state index in [1.165, 1.54) is 0 Å². The number of carbonyl (C=O) groups excluding carboxylic acids is 1. The standard InChI is InChI=1S/C16H15NO4/c1-9-2-4-10(5-3-9)17-8-16-7-6-11(21-16)12(15(19)20)13(16)14(17)18/h2-7,11-13H,8H2,1H3,(H,19,20)/t11-,12+,13+,16-/m1/s1. The van der Waals surface area contributed by atoms with Crippen LogP contribution in [0.15, 0.2) is 36.4 Å². The zero-order chi connectivity index (χ0) is 14.8. The summed E-state index contributed by atoms with van der Waals surface area (Å²) in [5.74, 6) is -2.52. The number of carboxylic acids is 1. The number of carboxylic acid groups (broad SMARTS) is 1. The predicted molar refractivity (Wildman–Crippen MR) is 74.9 cm³/mol. The molecular weight excluding hydrogens is 270 g/mol. The first-order chi connectivity index (χ1) is 10.0. The number of hydrogen-bond donors (Lipinski definition) is 1. The van der Waals surface area contributed by atoms with Gasteiger partial charge >= 0.3 is 5.97 Å². The Morgan fingerprint density at radius 1 is 1.38 bits per heavy atom. The number of anilines is 1. The van der Waals surface area contributed by atoms with E-state index in [0.29, 0.717) is 6.54 Å². The van der Waals surface area contributed by atoms with Crippen LogP contribution in [0.25, 0.3) is 0 Å².